The molecule has 9 heteroatoms. The molecule has 2 aromatic heterocycles. The first kappa shape index (κ1) is 18.2. The van der Waals surface area contributed by atoms with Gasteiger partial charge in [0.2, 0.25) is 5.88 Å². The zero-order chi connectivity index (χ0) is 18.7. The Morgan fingerprint density at radius 2 is 2.19 bits per heavy atom. The number of hydrogen-bond acceptors (Lipinski definition) is 6. The number of pyridine rings is 1. The van der Waals surface area contributed by atoms with Gasteiger partial charge in [0.1, 0.15) is 11.1 Å². The van der Waals surface area contributed by atoms with Crippen molar-refractivity contribution < 1.29 is 9.53 Å². The van der Waals surface area contributed by atoms with Crippen molar-refractivity contribution >= 4 is 23.3 Å². The molecule has 2 aromatic rings. The summed E-state index contributed by atoms with van der Waals surface area (Å²) in [7, 11) is 3.77. The van der Waals surface area contributed by atoms with Crippen molar-refractivity contribution in [1.82, 2.24) is 20.1 Å². The molecule has 3 heterocycles. The van der Waals surface area contributed by atoms with Crippen LogP contribution in [0.3, 0.4) is 0 Å². The molecule has 0 saturated carbocycles. The van der Waals surface area contributed by atoms with E-state index in [0.29, 0.717) is 24.5 Å². The number of hydrogen-bond donors (Lipinski definition) is 1. The topological polar surface area (TPSA) is 91.4 Å². The SMILES string of the molecule is CN(C)c1ccc(OC2CCCN(C(=O)c3c[nH]c(=O)c(Cl)c3)C2)nn1. The summed E-state index contributed by atoms with van der Waals surface area (Å²) in [5, 5.41) is 8.15. The highest BCUT2D eigenvalue weighted by atomic mass is 35.5. The molecule has 1 unspecified atom stereocenters. The highest BCUT2D eigenvalue weighted by Crippen LogP contribution is 2.19. The largest absolute Gasteiger partial charge is 0.471 e. The number of piperidine rings is 1. The van der Waals surface area contributed by atoms with Crippen molar-refractivity contribution in [1.29, 1.82) is 0 Å². The van der Waals surface area contributed by atoms with Crippen LogP contribution in [0.2, 0.25) is 5.02 Å². The summed E-state index contributed by atoms with van der Waals surface area (Å²) in [6.45, 7) is 1.06. The van der Waals surface area contributed by atoms with Crippen LogP contribution in [0.15, 0.2) is 29.2 Å². The minimum Gasteiger partial charge on any atom is -0.471 e. The van der Waals surface area contributed by atoms with Gasteiger partial charge < -0.3 is 19.5 Å². The second-order valence-corrected chi connectivity index (χ2v) is 6.73. The van der Waals surface area contributed by atoms with Gasteiger partial charge in [-0.05, 0) is 25.0 Å². The highest BCUT2D eigenvalue weighted by Gasteiger charge is 2.26. The number of nitrogens with zero attached hydrogens (tertiary/aromatic N) is 4. The van der Waals surface area contributed by atoms with E-state index >= 15 is 0 Å². The number of anilines is 1. The van der Waals surface area contributed by atoms with Crippen molar-refractivity contribution in [2.45, 2.75) is 18.9 Å². The van der Waals surface area contributed by atoms with E-state index in [0.717, 1.165) is 18.7 Å². The molecule has 0 bridgehead atoms. The summed E-state index contributed by atoms with van der Waals surface area (Å²) in [6.07, 6.45) is 2.86. The van der Waals surface area contributed by atoms with Crippen molar-refractivity contribution in [2.24, 2.45) is 0 Å². The van der Waals surface area contributed by atoms with Crippen LogP contribution < -0.4 is 15.2 Å². The van der Waals surface area contributed by atoms with Crippen LogP contribution in [0.5, 0.6) is 5.88 Å². The lowest BCUT2D eigenvalue weighted by Gasteiger charge is -2.32. The number of aromatic nitrogens is 3. The number of carbonyl (C=O) groups excluding carboxylic acids is 1. The average molecular weight is 378 g/mol. The molecule has 138 valence electrons. The molecule has 0 aromatic carbocycles. The zero-order valence-corrected chi connectivity index (χ0v) is 15.4. The zero-order valence-electron chi connectivity index (χ0n) is 14.6. The number of aromatic amines is 1. The Bertz CT molecular complexity index is 837. The van der Waals surface area contributed by atoms with Gasteiger partial charge in [-0.3, -0.25) is 9.59 Å². The Labute approximate surface area is 155 Å². The second kappa shape index (κ2) is 7.74. The van der Waals surface area contributed by atoms with Gasteiger partial charge in [0, 0.05) is 32.9 Å². The number of ether oxygens (including phenoxy) is 1. The van der Waals surface area contributed by atoms with Gasteiger partial charge in [-0.2, -0.15) is 0 Å². The Morgan fingerprint density at radius 1 is 1.38 bits per heavy atom. The fraction of sp³-hybridized carbons (Fsp3) is 0.412. The lowest BCUT2D eigenvalue weighted by atomic mass is 10.1. The van der Waals surface area contributed by atoms with E-state index in [4.69, 9.17) is 16.3 Å². The van der Waals surface area contributed by atoms with E-state index in [1.165, 1.54) is 12.3 Å². The fourth-order valence-corrected chi connectivity index (χ4v) is 2.94. The number of halogens is 1. The number of rotatable bonds is 4. The van der Waals surface area contributed by atoms with Crippen LogP contribution in [0, 0.1) is 0 Å². The van der Waals surface area contributed by atoms with Crippen LogP contribution in [-0.2, 0) is 0 Å². The fourth-order valence-electron chi connectivity index (χ4n) is 2.77. The Kier molecular flexibility index (Phi) is 5.41. The van der Waals surface area contributed by atoms with Crippen molar-refractivity contribution in [3.63, 3.8) is 0 Å². The van der Waals surface area contributed by atoms with E-state index in [9.17, 15) is 9.59 Å². The summed E-state index contributed by atoms with van der Waals surface area (Å²) < 4.78 is 5.88. The molecular weight excluding hydrogens is 358 g/mol. The minimum atomic E-state index is -0.414. The number of amides is 1. The average Bonchev–Trinajstić information content (AvgIpc) is 2.64. The van der Waals surface area contributed by atoms with Crippen LogP contribution >= 0.6 is 11.6 Å². The quantitative estimate of drug-likeness (QED) is 0.869. The Hall–Kier alpha value is -2.61. The molecule has 3 rings (SSSR count). The Balaban J connectivity index is 1.65. The van der Waals surface area contributed by atoms with Crippen molar-refractivity contribution in [2.75, 3.05) is 32.1 Å². The number of nitrogens with one attached hydrogen (secondary N) is 1. The maximum absolute atomic E-state index is 12.6. The third-order valence-corrected chi connectivity index (χ3v) is 4.42. The molecule has 8 nitrogen and oxygen atoms in total. The molecule has 26 heavy (non-hydrogen) atoms. The molecular formula is C17H20ClN5O3. The maximum Gasteiger partial charge on any atom is 0.266 e. The summed E-state index contributed by atoms with van der Waals surface area (Å²) in [6, 6.07) is 4.99. The molecule has 1 fully saturated rings. The molecule has 0 radical (unpaired) electrons. The lowest BCUT2D eigenvalue weighted by Crippen LogP contribution is -2.44. The first-order chi connectivity index (χ1) is 12.4. The predicted molar refractivity (Wildman–Crippen MR) is 98.0 cm³/mol. The monoisotopic (exact) mass is 377 g/mol. The predicted octanol–water partition coefficient (Wildman–Crippen LogP) is 1.57. The number of likely N-dealkylation sites (tertiary alicyclic amines) is 1. The number of carbonyl (C=O) groups is 1. The van der Waals surface area contributed by atoms with E-state index in [1.807, 2.05) is 25.1 Å². The van der Waals surface area contributed by atoms with Gasteiger partial charge in [0.05, 0.1) is 12.1 Å². The van der Waals surface area contributed by atoms with E-state index in [2.05, 4.69) is 15.2 Å². The molecule has 0 aliphatic carbocycles. The first-order valence-corrected chi connectivity index (χ1v) is 8.67. The maximum atomic E-state index is 12.6. The van der Waals surface area contributed by atoms with E-state index < -0.39 is 5.56 Å². The van der Waals surface area contributed by atoms with Gasteiger partial charge >= 0.3 is 0 Å². The van der Waals surface area contributed by atoms with E-state index in [1.54, 1.807) is 11.0 Å². The minimum absolute atomic E-state index is 0.00286. The standard InChI is InChI=1S/C17H20ClN5O3/c1-22(2)14-5-6-15(21-20-14)26-12-4-3-7-23(10-12)17(25)11-8-13(18)16(24)19-9-11/h5-6,8-9,12H,3-4,7,10H2,1-2H3,(H,19,24). The van der Waals surface area contributed by atoms with Crippen LogP contribution in [0.25, 0.3) is 0 Å². The molecule has 1 saturated heterocycles. The third-order valence-electron chi connectivity index (χ3n) is 4.14. The molecule has 1 amide bonds. The van der Waals surface area contributed by atoms with Crippen LogP contribution in [-0.4, -0.2) is 59.3 Å². The van der Waals surface area contributed by atoms with Crippen molar-refractivity contribution in [3.8, 4) is 5.88 Å². The van der Waals surface area contributed by atoms with Crippen molar-refractivity contribution in [3.05, 3.63) is 45.3 Å². The van der Waals surface area contributed by atoms with Gasteiger partial charge in [-0.25, -0.2) is 0 Å². The molecule has 1 atom stereocenters. The summed E-state index contributed by atoms with van der Waals surface area (Å²) >= 11 is 5.81. The molecule has 1 N–H and O–H groups in total. The summed E-state index contributed by atoms with van der Waals surface area (Å²) in [5.74, 6) is 0.986. The van der Waals surface area contributed by atoms with Gasteiger partial charge in [0.25, 0.3) is 11.5 Å². The smallest absolute Gasteiger partial charge is 0.266 e. The number of H-pyrrole nitrogens is 1. The van der Waals surface area contributed by atoms with Gasteiger partial charge in [-0.15, -0.1) is 10.2 Å². The second-order valence-electron chi connectivity index (χ2n) is 6.32. The normalized spacial score (nSPS) is 17.0. The summed E-state index contributed by atoms with van der Waals surface area (Å²) in [4.78, 5) is 30.0. The lowest BCUT2D eigenvalue weighted by molar-refractivity contribution is 0.0525. The van der Waals surface area contributed by atoms with Crippen LogP contribution in [0.1, 0.15) is 23.2 Å². The Morgan fingerprint density at radius 3 is 2.85 bits per heavy atom. The summed E-state index contributed by atoms with van der Waals surface area (Å²) in [5.41, 5.74) is -0.0619. The van der Waals surface area contributed by atoms with Crippen LogP contribution in [0.4, 0.5) is 5.82 Å². The van der Waals surface area contributed by atoms with Gasteiger partial charge in [0.15, 0.2) is 5.82 Å². The highest BCUT2D eigenvalue weighted by molar-refractivity contribution is 6.30. The first-order valence-electron chi connectivity index (χ1n) is 8.29. The third kappa shape index (κ3) is 4.13. The van der Waals surface area contributed by atoms with E-state index in [-0.39, 0.29) is 17.0 Å². The van der Waals surface area contributed by atoms with Gasteiger partial charge in [-0.1, -0.05) is 11.6 Å². The molecule has 1 aliphatic rings. The molecule has 0 spiro atoms. The molecule has 1 aliphatic heterocycles.